The van der Waals surface area contributed by atoms with Crippen molar-refractivity contribution in [3.8, 4) is 0 Å². The number of carbonyl (C=O) groups is 1. The highest BCUT2D eigenvalue weighted by atomic mass is 16.5. The van der Waals surface area contributed by atoms with Crippen LogP contribution in [0.3, 0.4) is 0 Å². The van der Waals surface area contributed by atoms with Crippen molar-refractivity contribution in [1.29, 1.82) is 0 Å². The second-order valence-corrected chi connectivity index (χ2v) is 3.22. The van der Waals surface area contributed by atoms with E-state index in [4.69, 9.17) is 9.84 Å². The highest BCUT2D eigenvalue weighted by Gasteiger charge is 2.24. The largest absolute Gasteiger partial charge is 0.479 e. The highest BCUT2D eigenvalue weighted by molar-refractivity contribution is 5.71. The standard InChI is InChI=1S/C9H18O4/c1-4-9(12,5-2)6-13-7(3)8(10)11/h7,12H,4-6H2,1-3H3,(H,10,11)/t7-/m1/s1. The highest BCUT2D eigenvalue weighted by Crippen LogP contribution is 2.15. The summed E-state index contributed by atoms with van der Waals surface area (Å²) in [4.78, 5) is 10.4. The zero-order valence-corrected chi connectivity index (χ0v) is 8.41. The van der Waals surface area contributed by atoms with Crippen LogP contribution >= 0.6 is 0 Å². The molecule has 1 atom stereocenters. The van der Waals surface area contributed by atoms with E-state index in [2.05, 4.69) is 0 Å². The molecule has 0 aromatic rings. The predicted octanol–water partition coefficient (Wildman–Crippen LogP) is 1.03. The second kappa shape index (κ2) is 5.19. The number of aliphatic carboxylic acids is 1. The van der Waals surface area contributed by atoms with E-state index < -0.39 is 17.7 Å². The van der Waals surface area contributed by atoms with Crippen LogP contribution in [0.4, 0.5) is 0 Å². The summed E-state index contributed by atoms with van der Waals surface area (Å²) in [6.45, 7) is 5.22. The van der Waals surface area contributed by atoms with E-state index in [1.54, 1.807) is 0 Å². The first-order valence-corrected chi connectivity index (χ1v) is 4.52. The minimum atomic E-state index is -1.01. The third-order valence-corrected chi connectivity index (χ3v) is 2.27. The number of hydrogen-bond donors (Lipinski definition) is 2. The molecule has 0 radical (unpaired) electrons. The third-order valence-electron chi connectivity index (χ3n) is 2.27. The number of carboxylic acids is 1. The van der Waals surface area contributed by atoms with Crippen LogP contribution in [0.15, 0.2) is 0 Å². The van der Waals surface area contributed by atoms with E-state index in [1.165, 1.54) is 6.92 Å². The Kier molecular flexibility index (Phi) is 4.95. The fourth-order valence-corrected chi connectivity index (χ4v) is 0.806. The summed E-state index contributed by atoms with van der Waals surface area (Å²) in [5, 5.41) is 18.3. The van der Waals surface area contributed by atoms with Gasteiger partial charge in [0, 0.05) is 0 Å². The molecule has 0 bridgehead atoms. The molecule has 0 aliphatic heterocycles. The summed E-state index contributed by atoms with van der Waals surface area (Å²) in [6.07, 6.45) is 0.274. The first-order chi connectivity index (χ1) is 5.95. The van der Waals surface area contributed by atoms with Crippen LogP contribution in [-0.2, 0) is 9.53 Å². The molecule has 0 aromatic carbocycles. The summed E-state index contributed by atoms with van der Waals surface area (Å²) in [5.74, 6) is -1.01. The minimum absolute atomic E-state index is 0.0769. The SMILES string of the molecule is CCC(O)(CC)CO[C@H](C)C(=O)O. The Morgan fingerprint density at radius 2 is 1.92 bits per heavy atom. The zero-order valence-electron chi connectivity index (χ0n) is 8.41. The Morgan fingerprint density at radius 3 is 2.23 bits per heavy atom. The first-order valence-electron chi connectivity index (χ1n) is 4.52. The minimum Gasteiger partial charge on any atom is -0.479 e. The lowest BCUT2D eigenvalue weighted by Gasteiger charge is -2.25. The predicted molar refractivity (Wildman–Crippen MR) is 48.6 cm³/mol. The van der Waals surface area contributed by atoms with Gasteiger partial charge in [0.2, 0.25) is 0 Å². The van der Waals surface area contributed by atoms with Crippen molar-refractivity contribution in [2.24, 2.45) is 0 Å². The molecule has 13 heavy (non-hydrogen) atoms. The van der Waals surface area contributed by atoms with Gasteiger partial charge in [0.05, 0.1) is 12.2 Å². The summed E-state index contributed by atoms with van der Waals surface area (Å²) in [7, 11) is 0. The second-order valence-electron chi connectivity index (χ2n) is 3.22. The molecular weight excluding hydrogens is 172 g/mol. The molecule has 0 rings (SSSR count). The molecule has 0 saturated heterocycles. The van der Waals surface area contributed by atoms with Gasteiger partial charge in [0.1, 0.15) is 0 Å². The molecule has 4 nitrogen and oxygen atoms in total. The van der Waals surface area contributed by atoms with E-state index >= 15 is 0 Å². The summed E-state index contributed by atoms with van der Waals surface area (Å²) in [6, 6.07) is 0. The summed E-state index contributed by atoms with van der Waals surface area (Å²) in [5.41, 5.74) is -0.885. The monoisotopic (exact) mass is 190 g/mol. The van der Waals surface area contributed by atoms with E-state index in [9.17, 15) is 9.90 Å². The number of aliphatic hydroxyl groups is 1. The first kappa shape index (κ1) is 12.4. The van der Waals surface area contributed by atoms with Gasteiger partial charge in [-0.25, -0.2) is 4.79 Å². The zero-order chi connectivity index (χ0) is 10.5. The quantitative estimate of drug-likeness (QED) is 0.656. The lowest BCUT2D eigenvalue weighted by molar-refractivity contribution is -0.154. The Balaban J connectivity index is 3.92. The van der Waals surface area contributed by atoms with Crippen LogP contribution in [0.1, 0.15) is 33.6 Å². The van der Waals surface area contributed by atoms with Crippen LogP contribution in [-0.4, -0.2) is 34.5 Å². The molecule has 0 unspecified atom stereocenters. The third kappa shape index (κ3) is 4.24. The molecule has 0 aliphatic carbocycles. The topological polar surface area (TPSA) is 66.8 Å². The lowest BCUT2D eigenvalue weighted by Crippen LogP contribution is -2.36. The van der Waals surface area contributed by atoms with Gasteiger partial charge in [0.15, 0.2) is 6.10 Å². The molecule has 0 heterocycles. The summed E-state index contributed by atoms with van der Waals surface area (Å²) < 4.78 is 5.00. The van der Waals surface area contributed by atoms with Crippen LogP contribution in [0.2, 0.25) is 0 Å². The molecular formula is C9H18O4. The van der Waals surface area contributed by atoms with Gasteiger partial charge in [-0.1, -0.05) is 13.8 Å². The number of rotatable bonds is 6. The van der Waals surface area contributed by atoms with Gasteiger partial charge in [-0.15, -0.1) is 0 Å². The Morgan fingerprint density at radius 1 is 1.46 bits per heavy atom. The van der Waals surface area contributed by atoms with Crippen molar-refractivity contribution >= 4 is 5.97 Å². The van der Waals surface area contributed by atoms with Crippen LogP contribution in [0.25, 0.3) is 0 Å². The van der Waals surface area contributed by atoms with Gasteiger partial charge >= 0.3 is 5.97 Å². The van der Waals surface area contributed by atoms with Gasteiger partial charge < -0.3 is 14.9 Å². The molecule has 4 heteroatoms. The van der Waals surface area contributed by atoms with Crippen molar-refractivity contribution in [3.05, 3.63) is 0 Å². The van der Waals surface area contributed by atoms with Crippen molar-refractivity contribution in [2.75, 3.05) is 6.61 Å². The molecule has 2 N–H and O–H groups in total. The Bertz CT molecular complexity index is 163. The Hall–Kier alpha value is -0.610. The van der Waals surface area contributed by atoms with E-state index in [1.807, 2.05) is 13.8 Å². The van der Waals surface area contributed by atoms with E-state index in [-0.39, 0.29) is 6.61 Å². The maximum Gasteiger partial charge on any atom is 0.332 e. The van der Waals surface area contributed by atoms with E-state index in [0.29, 0.717) is 12.8 Å². The van der Waals surface area contributed by atoms with Gasteiger partial charge in [-0.2, -0.15) is 0 Å². The van der Waals surface area contributed by atoms with E-state index in [0.717, 1.165) is 0 Å². The smallest absolute Gasteiger partial charge is 0.332 e. The lowest BCUT2D eigenvalue weighted by atomic mass is 9.99. The van der Waals surface area contributed by atoms with Crippen molar-refractivity contribution in [2.45, 2.75) is 45.3 Å². The number of hydrogen-bond acceptors (Lipinski definition) is 3. The van der Waals surface area contributed by atoms with Crippen molar-refractivity contribution in [3.63, 3.8) is 0 Å². The van der Waals surface area contributed by atoms with Gasteiger partial charge in [-0.3, -0.25) is 0 Å². The average Bonchev–Trinajstić information content (AvgIpc) is 2.13. The normalized spacial score (nSPS) is 14.2. The molecule has 0 aromatic heterocycles. The van der Waals surface area contributed by atoms with Gasteiger partial charge in [0.25, 0.3) is 0 Å². The number of carboxylic acid groups (broad SMARTS) is 1. The maximum atomic E-state index is 10.4. The molecule has 0 fully saturated rings. The number of ether oxygens (including phenoxy) is 1. The fourth-order valence-electron chi connectivity index (χ4n) is 0.806. The maximum absolute atomic E-state index is 10.4. The Labute approximate surface area is 78.5 Å². The molecule has 0 saturated carbocycles. The summed E-state index contributed by atoms with van der Waals surface area (Å²) >= 11 is 0. The molecule has 0 amide bonds. The average molecular weight is 190 g/mol. The van der Waals surface area contributed by atoms with Crippen molar-refractivity contribution < 1.29 is 19.7 Å². The van der Waals surface area contributed by atoms with Crippen molar-refractivity contribution in [1.82, 2.24) is 0 Å². The fraction of sp³-hybridized carbons (Fsp3) is 0.889. The van der Waals surface area contributed by atoms with Gasteiger partial charge in [-0.05, 0) is 19.8 Å². The van der Waals surface area contributed by atoms with Crippen LogP contribution < -0.4 is 0 Å². The molecule has 78 valence electrons. The molecule has 0 aliphatic rings. The molecule has 0 spiro atoms. The van der Waals surface area contributed by atoms with Crippen LogP contribution in [0.5, 0.6) is 0 Å². The van der Waals surface area contributed by atoms with Crippen LogP contribution in [0, 0.1) is 0 Å².